The Morgan fingerprint density at radius 3 is 1.68 bits per heavy atom. The molecule has 0 amide bonds. The molecule has 2 aromatic carbocycles. The zero-order chi connectivity index (χ0) is 13.1. The van der Waals surface area contributed by atoms with Crippen molar-refractivity contribution in [1.29, 1.82) is 0 Å². The van der Waals surface area contributed by atoms with Crippen LogP contribution in [0.1, 0.15) is 19.8 Å². The minimum Gasteiger partial charge on any atom is -0.499 e. The minimum atomic E-state index is -0.652. The molecule has 1 aliphatic rings. The van der Waals surface area contributed by atoms with Gasteiger partial charge in [-0.15, -0.1) is 0 Å². The van der Waals surface area contributed by atoms with E-state index < -0.39 is 14.5 Å². The van der Waals surface area contributed by atoms with Gasteiger partial charge in [0, 0.05) is 6.10 Å². The molecule has 3 rings (SSSR count). The second-order valence-corrected chi connectivity index (χ2v) is 7.08. The fraction of sp³-hybridized carbons (Fsp3) is 0.375. The molecule has 1 heterocycles. The van der Waals surface area contributed by atoms with E-state index in [4.69, 9.17) is 3.79 Å². The van der Waals surface area contributed by atoms with Gasteiger partial charge in [-0.25, -0.2) is 24.3 Å². The van der Waals surface area contributed by atoms with Crippen molar-refractivity contribution in [2.45, 2.75) is 36.9 Å². The van der Waals surface area contributed by atoms with E-state index in [0.29, 0.717) is 6.10 Å². The predicted molar refractivity (Wildman–Crippen MR) is 80.3 cm³/mol. The van der Waals surface area contributed by atoms with Crippen molar-refractivity contribution in [3.63, 3.8) is 0 Å². The first-order chi connectivity index (χ1) is 8.79. The summed E-state index contributed by atoms with van der Waals surface area (Å²) in [5.41, 5.74) is 0. The number of hydrogen-bond donors (Lipinski definition) is 0. The van der Waals surface area contributed by atoms with Crippen LogP contribution < -0.4 is 0 Å². The van der Waals surface area contributed by atoms with Crippen molar-refractivity contribution in [3.8, 4) is 0 Å². The summed E-state index contributed by atoms with van der Waals surface area (Å²) < 4.78 is 5.62. The van der Waals surface area contributed by atoms with Gasteiger partial charge in [-0.3, -0.25) is 0 Å². The van der Waals surface area contributed by atoms with Gasteiger partial charge in [-0.1, -0.05) is 17.5 Å². The molecule has 0 radical (unpaired) electrons. The fourth-order valence-electron chi connectivity index (χ4n) is 1.87. The molecule has 1 unspecified atom stereocenters. The van der Waals surface area contributed by atoms with Crippen LogP contribution in [0.15, 0.2) is 60.7 Å². The van der Waals surface area contributed by atoms with E-state index in [1.54, 1.807) is 0 Å². The Morgan fingerprint density at radius 1 is 1.00 bits per heavy atom. The first-order valence-electron chi connectivity index (χ1n) is 6.78. The van der Waals surface area contributed by atoms with Gasteiger partial charge in [0.1, 0.15) is 0 Å². The van der Waals surface area contributed by atoms with Gasteiger partial charge in [-0.2, -0.15) is 36.4 Å². The predicted octanol–water partition coefficient (Wildman–Crippen LogP) is 4.62. The van der Waals surface area contributed by atoms with Crippen LogP contribution in [0.2, 0.25) is 11.1 Å². The fourth-order valence-corrected chi connectivity index (χ4v) is 3.74. The van der Waals surface area contributed by atoms with Gasteiger partial charge in [0.25, 0.3) is 0 Å². The molecule has 2 aromatic rings. The molecule has 1 fully saturated rings. The Morgan fingerprint density at radius 2 is 1.47 bits per heavy atom. The number of rotatable bonds is 0. The molecule has 0 aliphatic carbocycles. The van der Waals surface area contributed by atoms with E-state index in [-0.39, 0.29) is 26.2 Å². The van der Waals surface area contributed by atoms with Gasteiger partial charge in [0.05, 0.1) is 0 Å². The minimum absolute atomic E-state index is 0. The van der Waals surface area contributed by atoms with Gasteiger partial charge >= 0.3 is 40.7 Å². The quantitative estimate of drug-likeness (QED) is 0.498. The summed E-state index contributed by atoms with van der Waals surface area (Å²) >= 11 is -0.652. The van der Waals surface area contributed by atoms with Gasteiger partial charge in [0.2, 0.25) is 0 Å². The molecule has 100 valence electrons. The summed E-state index contributed by atoms with van der Waals surface area (Å²) in [6.45, 7) is 2.18. The van der Waals surface area contributed by atoms with Crippen LogP contribution >= 0.6 is 0 Å². The number of hydrogen-bond acceptors (Lipinski definition) is 1. The Kier molecular flexibility index (Phi) is 13.1. The van der Waals surface area contributed by atoms with Crippen molar-refractivity contribution in [3.05, 3.63) is 60.7 Å². The van der Waals surface area contributed by atoms with Crippen LogP contribution in [0.5, 0.6) is 0 Å². The molecule has 0 aromatic heterocycles. The SMILES string of the molecule is CC1CC[CH2][Al]([CH3])[O]1.[Zr+2].c1cc[cH-]c1.c1cc[cH-]c1. The summed E-state index contributed by atoms with van der Waals surface area (Å²) in [7, 11) is 0. The van der Waals surface area contributed by atoms with Gasteiger partial charge in [0.15, 0.2) is 0 Å². The van der Waals surface area contributed by atoms with E-state index in [0.717, 1.165) is 0 Å². The molecular formula is C16H23AlOZr. The third-order valence-electron chi connectivity index (χ3n) is 2.80. The summed E-state index contributed by atoms with van der Waals surface area (Å²) in [5, 5.41) is 1.39. The normalized spacial score (nSPS) is 17.2. The van der Waals surface area contributed by atoms with Crippen molar-refractivity contribution < 1.29 is 30.0 Å². The Labute approximate surface area is 141 Å². The standard InChI is InChI=1S/C5H10O.2C5H5.CH3.Al.Zr/c1-3-4-5(2)6;2*1-2-4-5-3-1;;;/h5H,1,3-4H2,2H3;2*1-5H;1H3;;/q3*-1;;+1;+2. The zero-order valence-electron chi connectivity index (χ0n) is 12.0. The summed E-state index contributed by atoms with van der Waals surface area (Å²) in [6, 6.07) is 20.0. The molecule has 1 nitrogen and oxygen atoms in total. The molecule has 1 aliphatic heterocycles. The van der Waals surface area contributed by atoms with E-state index in [1.165, 1.54) is 18.1 Å². The van der Waals surface area contributed by atoms with Crippen molar-refractivity contribution in [2.24, 2.45) is 0 Å². The molecule has 1 saturated heterocycles. The van der Waals surface area contributed by atoms with Gasteiger partial charge in [-0.05, 0) is 13.3 Å². The Hall–Kier alpha value is 0.0756. The van der Waals surface area contributed by atoms with E-state index in [2.05, 4.69) is 12.7 Å². The Bertz CT molecular complexity index is 276. The maximum absolute atomic E-state index is 5.62. The van der Waals surface area contributed by atoms with Crippen molar-refractivity contribution >= 4 is 14.5 Å². The molecule has 19 heavy (non-hydrogen) atoms. The smallest absolute Gasteiger partial charge is 0.499 e. The first-order valence-corrected chi connectivity index (χ1v) is 9.22. The maximum Gasteiger partial charge on any atom is 2.00 e. The first kappa shape index (κ1) is 19.1. The van der Waals surface area contributed by atoms with Crippen LogP contribution in [0, 0.1) is 0 Å². The molecule has 0 spiro atoms. The monoisotopic (exact) mass is 348 g/mol. The summed E-state index contributed by atoms with van der Waals surface area (Å²) in [4.78, 5) is 0. The largest absolute Gasteiger partial charge is 2.00 e. The van der Waals surface area contributed by atoms with Crippen LogP contribution in [-0.2, 0) is 30.0 Å². The second-order valence-electron chi connectivity index (χ2n) is 4.61. The molecule has 0 N–H and O–H groups in total. The molecule has 0 bridgehead atoms. The maximum atomic E-state index is 5.62. The topological polar surface area (TPSA) is 9.23 Å². The van der Waals surface area contributed by atoms with Gasteiger partial charge < -0.3 is 3.79 Å². The van der Waals surface area contributed by atoms with Crippen LogP contribution in [0.4, 0.5) is 0 Å². The molecule has 3 heteroatoms. The van der Waals surface area contributed by atoms with E-state index >= 15 is 0 Å². The Balaban J connectivity index is 0.000000259. The molecule has 0 saturated carbocycles. The molecule has 1 atom stereocenters. The third kappa shape index (κ3) is 11.6. The summed E-state index contributed by atoms with van der Waals surface area (Å²) in [5.74, 6) is 2.29. The van der Waals surface area contributed by atoms with Crippen molar-refractivity contribution in [2.75, 3.05) is 0 Å². The zero-order valence-corrected chi connectivity index (χ0v) is 15.6. The second kappa shape index (κ2) is 13.1. The van der Waals surface area contributed by atoms with Crippen molar-refractivity contribution in [1.82, 2.24) is 0 Å². The van der Waals surface area contributed by atoms with E-state index in [9.17, 15) is 0 Å². The van der Waals surface area contributed by atoms with Crippen LogP contribution in [-0.4, -0.2) is 20.6 Å². The average Bonchev–Trinajstić information content (AvgIpc) is 3.09. The molecular weight excluding hydrogens is 326 g/mol. The van der Waals surface area contributed by atoms with E-state index in [1.807, 2.05) is 60.7 Å². The average molecular weight is 350 g/mol. The van der Waals surface area contributed by atoms with Crippen LogP contribution in [0.25, 0.3) is 0 Å². The summed E-state index contributed by atoms with van der Waals surface area (Å²) in [6.07, 6.45) is 3.27. The van der Waals surface area contributed by atoms with Crippen LogP contribution in [0.3, 0.4) is 0 Å². The third-order valence-corrected chi connectivity index (χ3v) is 4.95.